The largest absolute Gasteiger partial charge is 0.462 e. The van der Waals surface area contributed by atoms with Gasteiger partial charge in [0, 0.05) is 36.2 Å². The van der Waals surface area contributed by atoms with Crippen molar-refractivity contribution >= 4 is 28.8 Å². The molecule has 0 unspecified atom stereocenters. The van der Waals surface area contributed by atoms with E-state index in [0.29, 0.717) is 26.4 Å². The SMILES string of the molecule is C=CC(=O)Cl.C=CC(=O)OCC12CCC(COC(=O)C=C)(CC1)CC2.OCC12CCC(CO)(CC1)CC2. The highest BCUT2D eigenvalue weighted by molar-refractivity contribution is 6.66. The van der Waals surface area contributed by atoms with Crippen LogP contribution in [0.1, 0.15) is 77.0 Å². The fourth-order valence-corrected chi connectivity index (χ4v) is 6.16. The number of aliphatic hydroxyl groups is 2. The number of hydrogen-bond donors (Lipinski definition) is 2. The van der Waals surface area contributed by atoms with Crippen LogP contribution in [-0.4, -0.2) is 53.8 Å². The van der Waals surface area contributed by atoms with Gasteiger partial charge < -0.3 is 19.7 Å². The van der Waals surface area contributed by atoms with Crippen molar-refractivity contribution < 1.29 is 34.1 Å². The molecule has 0 spiro atoms. The van der Waals surface area contributed by atoms with Crippen molar-refractivity contribution in [1.82, 2.24) is 0 Å². The molecule has 0 heterocycles. The van der Waals surface area contributed by atoms with Gasteiger partial charge in [-0.1, -0.05) is 19.7 Å². The van der Waals surface area contributed by atoms with E-state index in [1.54, 1.807) is 0 Å². The Hall–Kier alpha value is -1.96. The maximum Gasteiger partial charge on any atom is 0.330 e. The lowest BCUT2D eigenvalue weighted by atomic mass is 9.54. The highest BCUT2D eigenvalue weighted by Crippen LogP contribution is 2.57. The first-order valence-electron chi connectivity index (χ1n) is 13.2. The molecule has 0 aliphatic heterocycles. The van der Waals surface area contributed by atoms with Crippen LogP contribution < -0.4 is 0 Å². The Bertz CT molecular complexity index is 740. The Kier molecular flexibility index (Phi) is 11.6. The maximum absolute atomic E-state index is 11.2. The van der Waals surface area contributed by atoms with Crippen molar-refractivity contribution in [2.45, 2.75) is 77.0 Å². The predicted octanol–water partition coefficient (Wildman–Crippen LogP) is 5.03. The van der Waals surface area contributed by atoms with E-state index < -0.39 is 5.24 Å². The Balaban J connectivity index is 0.000000238. The summed E-state index contributed by atoms with van der Waals surface area (Å²) in [5.74, 6) is -0.691. The highest BCUT2D eigenvalue weighted by atomic mass is 35.5. The highest BCUT2D eigenvalue weighted by Gasteiger charge is 2.50. The molecule has 8 heteroatoms. The number of allylic oxidation sites excluding steroid dienone is 1. The minimum absolute atomic E-state index is 0.128. The maximum atomic E-state index is 11.2. The summed E-state index contributed by atoms with van der Waals surface area (Å²) in [6.45, 7) is 11.6. The quantitative estimate of drug-likeness (QED) is 0.240. The van der Waals surface area contributed by atoms with Gasteiger partial charge in [-0.05, 0) is 106 Å². The van der Waals surface area contributed by atoms with Gasteiger partial charge in [0.25, 0.3) is 0 Å². The minimum atomic E-state index is -0.509. The number of carbonyl (C=O) groups excluding carboxylic acids is 3. The first-order valence-corrected chi connectivity index (χ1v) is 13.5. The van der Waals surface area contributed by atoms with Gasteiger partial charge in [-0.3, -0.25) is 4.79 Å². The van der Waals surface area contributed by atoms with Crippen LogP contribution in [0, 0.1) is 21.7 Å². The summed E-state index contributed by atoms with van der Waals surface area (Å²) in [5, 5.41) is 18.0. The van der Waals surface area contributed by atoms with E-state index in [9.17, 15) is 24.6 Å². The van der Waals surface area contributed by atoms with Crippen LogP contribution in [0.3, 0.4) is 0 Å². The molecule has 208 valence electrons. The normalized spacial score (nSPS) is 32.9. The van der Waals surface area contributed by atoms with Crippen LogP contribution in [0.2, 0.25) is 0 Å². The number of aliphatic hydroxyl groups excluding tert-OH is 2. The number of ether oxygens (including phenoxy) is 2. The molecule has 6 rings (SSSR count). The Morgan fingerprint density at radius 3 is 1.03 bits per heavy atom. The van der Waals surface area contributed by atoms with E-state index in [-0.39, 0.29) is 33.6 Å². The lowest BCUT2D eigenvalue weighted by Crippen LogP contribution is -2.46. The molecule has 37 heavy (non-hydrogen) atoms. The number of esters is 2. The average Bonchev–Trinajstić information content (AvgIpc) is 2.97. The van der Waals surface area contributed by atoms with Crippen molar-refractivity contribution in [1.29, 1.82) is 0 Å². The van der Waals surface area contributed by atoms with E-state index in [2.05, 4.69) is 19.7 Å². The number of carbonyl (C=O) groups is 3. The third-order valence-corrected chi connectivity index (χ3v) is 9.47. The van der Waals surface area contributed by atoms with Gasteiger partial charge in [0.05, 0.1) is 13.2 Å². The molecule has 2 N–H and O–H groups in total. The van der Waals surface area contributed by atoms with E-state index in [1.165, 1.54) is 12.2 Å². The van der Waals surface area contributed by atoms with E-state index >= 15 is 0 Å². The van der Waals surface area contributed by atoms with Crippen molar-refractivity contribution in [3.63, 3.8) is 0 Å². The first-order chi connectivity index (χ1) is 17.5. The van der Waals surface area contributed by atoms with E-state index in [4.69, 9.17) is 21.1 Å². The molecule has 0 saturated heterocycles. The molecule has 6 fully saturated rings. The van der Waals surface area contributed by atoms with E-state index in [0.717, 1.165) is 83.1 Å². The Labute approximate surface area is 225 Å². The monoisotopic (exact) mass is 538 g/mol. The molecular weight excluding hydrogens is 496 g/mol. The van der Waals surface area contributed by atoms with Gasteiger partial charge in [-0.25, -0.2) is 9.59 Å². The average molecular weight is 539 g/mol. The summed E-state index contributed by atoms with van der Waals surface area (Å²) < 4.78 is 10.5. The van der Waals surface area contributed by atoms with Crippen LogP contribution in [0.5, 0.6) is 0 Å². The van der Waals surface area contributed by atoms with Gasteiger partial charge >= 0.3 is 11.9 Å². The third kappa shape index (κ3) is 8.52. The summed E-state index contributed by atoms with van der Waals surface area (Å²) in [6, 6.07) is 0. The van der Waals surface area contributed by atoms with Gasteiger partial charge in [0.2, 0.25) is 5.24 Å². The molecule has 0 amide bonds. The number of halogens is 1. The minimum Gasteiger partial charge on any atom is -0.462 e. The molecule has 6 saturated carbocycles. The topological polar surface area (TPSA) is 110 Å². The lowest BCUT2D eigenvalue weighted by molar-refractivity contribution is -0.153. The molecule has 4 bridgehead atoms. The van der Waals surface area contributed by atoms with Gasteiger partial charge in [-0.2, -0.15) is 0 Å². The van der Waals surface area contributed by atoms with Crippen LogP contribution in [0.25, 0.3) is 0 Å². The van der Waals surface area contributed by atoms with Gasteiger partial charge in [0.1, 0.15) is 0 Å². The van der Waals surface area contributed by atoms with Gasteiger partial charge in [0.15, 0.2) is 0 Å². The standard InChI is InChI=1S/C16H22O4.C10H18O2.C3H3ClO/c1-3-13(17)19-11-15-5-8-16(9-6-15,10-7-15)12-20-14(18)4-2;11-7-9-1-2-10(8-12,5-3-9)6-4-9;1-2-3(4)5/h3-4H,1-2,5-12H2;11-12H,1-8H2;2H,1H2. The zero-order valence-electron chi connectivity index (χ0n) is 22.0. The summed E-state index contributed by atoms with van der Waals surface area (Å²) in [4.78, 5) is 31.8. The number of rotatable bonds is 9. The fraction of sp³-hybridized carbons (Fsp3) is 0.690. The van der Waals surface area contributed by atoms with Crippen LogP contribution in [0.4, 0.5) is 0 Å². The second-order valence-corrected chi connectivity index (χ2v) is 11.8. The summed E-state index contributed by atoms with van der Waals surface area (Å²) >= 11 is 4.71. The van der Waals surface area contributed by atoms with Crippen LogP contribution in [0.15, 0.2) is 38.0 Å². The molecule has 0 aromatic rings. The second kappa shape index (κ2) is 13.7. The Morgan fingerprint density at radius 1 is 0.595 bits per heavy atom. The smallest absolute Gasteiger partial charge is 0.330 e. The van der Waals surface area contributed by atoms with Crippen molar-refractivity contribution in [3.8, 4) is 0 Å². The zero-order valence-corrected chi connectivity index (χ0v) is 22.7. The Morgan fingerprint density at radius 2 is 0.838 bits per heavy atom. The third-order valence-electron chi connectivity index (χ3n) is 9.32. The van der Waals surface area contributed by atoms with Crippen molar-refractivity contribution in [2.75, 3.05) is 26.4 Å². The van der Waals surface area contributed by atoms with Gasteiger partial charge in [-0.15, -0.1) is 0 Å². The van der Waals surface area contributed by atoms with Crippen LogP contribution in [-0.2, 0) is 23.9 Å². The number of fused-ring (bicyclic) bond motifs is 6. The fourth-order valence-electron chi connectivity index (χ4n) is 6.16. The molecule has 0 aromatic carbocycles. The lowest BCUT2D eigenvalue weighted by Gasteiger charge is -2.52. The zero-order chi connectivity index (χ0) is 27.6. The number of hydrogen-bond acceptors (Lipinski definition) is 7. The van der Waals surface area contributed by atoms with Crippen molar-refractivity contribution in [2.24, 2.45) is 21.7 Å². The molecule has 6 aliphatic carbocycles. The van der Waals surface area contributed by atoms with Crippen LogP contribution >= 0.6 is 11.6 Å². The van der Waals surface area contributed by atoms with E-state index in [1.807, 2.05) is 0 Å². The molecule has 7 nitrogen and oxygen atoms in total. The molecule has 0 atom stereocenters. The first kappa shape index (κ1) is 31.3. The summed E-state index contributed by atoms with van der Waals surface area (Å²) in [5.41, 5.74) is 0.750. The summed E-state index contributed by atoms with van der Waals surface area (Å²) in [7, 11) is 0. The molecule has 0 aromatic heterocycles. The van der Waals surface area contributed by atoms with Crippen molar-refractivity contribution in [3.05, 3.63) is 38.0 Å². The molecule has 0 radical (unpaired) electrons. The molecular formula is C29H43ClO7. The second-order valence-electron chi connectivity index (χ2n) is 11.4. The molecule has 6 aliphatic rings. The summed E-state index contributed by atoms with van der Waals surface area (Å²) in [6.07, 6.45) is 16.4. The predicted molar refractivity (Wildman–Crippen MR) is 143 cm³/mol.